The van der Waals surface area contributed by atoms with E-state index in [1.165, 1.54) is 32.1 Å². The van der Waals surface area contributed by atoms with E-state index in [2.05, 4.69) is 0 Å². The second-order valence-electron chi connectivity index (χ2n) is 4.79. The van der Waals surface area contributed by atoms with Crippen molar-refractivity contribution >= 4 is 23.1 Å². The Morgan fingerprint density at radius 2 is 2.00 bits per heavy atom. The van der Waals surface area contributed by atoms with Gasteiger partial charge in [-0.15, -0.1) is 0 Å². The molecule has 0 spiro atoms. The van der Waals surface area contributed by atoms with Crippen molar-refractivity contribution in [2.75, 3.05) is 7.05 Å². The number of hydrogen-bond acceptors (Lipinski definition) is 2. The molecule has 1 saturated carbocycles. The lowest BCUT2D eigenvalue weighted by molar-refractivity contribution is -0.131. The molecule has 1 aliphatic carbocycles. The van der Waals surface area contributed by atoms with Crippen molar-refractivity contribution in [3.05, 3.63) is 0 Å². The number of thiocarbonyl (C=S) groups is 1. The molecule has 0 bridgehead atoms. The molecule has 1 aliphatic rings. The molecule has 1 rings (SSSR count). The molecule has 0 aromatic carbocycles. The summed E-state index contributed by atoms with van der Waals surface area (Å²) in [6, 6.07) is -0.133. The van der Waals surface area contributed by atoms with Gasteiger partial charge in [-0.3, -0.25) is 4.79 Å². The summed E-state index contributed by atoms with van der Waals surface area (Å²) >= 11 is 4.90. The van der Waals surface area contributed by atoms with Gasteiger partial charge in [0.2, 0.25) is 5.91 Å². The predicted octanol–water partition coefficient (Wildman–Crippen LogP) is 2.09. The average Bonchev–Trinajstić information content (AvgIpc) is 2.28. The molecule has 1 unspecified atom stereocenters. The molecule has 92 valence electrons. The Labute approximate surface area is 103 Å². The predicted molar refractivity (Wildman–Crippen MR) is 70.2 cm³/mol. The van der Waals surface area contributed by atoms with Crippen LogP contribution in [-0.2, 0) is 4.79 Å². The van der Waals surface area contributed by atoms with Gasteiger partial charge in [-0.05, 0) is 25.7 Å². The molecule has 0 heterocycles. The lowest BCUT2D eigenvalue weighted by Gasteiger charge is -2.27. The van der Waals surface area contributed by atoms with Gasteiger partial charge in [-0.25, -0.2) is 0 Å². The highest BCUT2D eigenvalue weighted by atomic mass is 32.1. The van der Waals surface area contributed by atoms with Crippen molar-refractivity contribution in [3.8, 4) is 0 Å². The van der Waals surface area contributed by atoms with E-state index < -0.39 is 0 Å². The van der Waals surface area contributed by atoms with Gasteiger partial charge < -0.3 is 10.6 Å². The van der Waals surface area contributed by atoms with Gasteiger partial charge in [0.05, 0.1) is 11.0 Å². The van der Waals surface area contributed by atoms with Gasteiger partial charge >= 0.3 is 0 Å². The molecule has 1 amide bonds. The molecule has 1 fully saturated rings. The number of amides is 1. The SMILES string of the molecule is CC(C(N)=S)N(C)C(=O)CC1CCCCC1. The number of nitrogens with two attached hydrogens (primary N) is 1. The van der Waals surface area contributed by atoms with Gasteiger partial charge in [0, 0.05) is 13.5 Å². The Hall–Kier alpha value is -0.640. The van der Waals surface area contributed by atoms with Gasteiger partial charge in [0.25, 0.3) is 0 Å². The van der Waals surface area contributed by atoms with Gasteiger partial charge in [-0.2, -0.15) is 0 Å². The standard InChI is InChI=1S/C12H22N2OS/c1-9(12(13)16)14(2)11(15)8-10-6-4-3-5-7-10/h9-10H,3-8H2,1-2H3,(H2,13,16). The Bertz CT molecular complexity index is 262. The van der Waals surface area contributed by atoms with Crippen LogP contribution in [0.5, 0.6) is 0 Å². The highest BCUT2D eigenvalue weighted by Crippen LogP contribution is 2.26. The Morgan fingerprint density at radius 1 is 1.44 bits per heavy atom. The fourth-order valence-electron chi connectivity index (χ4n) is 2.19. The fourth-order valence-corrected chi connectivity index (χ4v) is 2.35. The first kappa shape index (κ1) is 13.4. The van der Waals surface area contributed by atoms with Crippen LogP contribution in [0.15, 0.2) is 0 Å². The Kier molecular flexibility index (Phi) is 5.19. The maximum atomic E-state index is 12.0. The van der Waals surface area contributed by atoms with Crippen LogP contribution in [0.3, 0.4) is 0 Å². The summed E-state index contributed by atoms with van der Waals surface area (Å²) in [6.07, 6.45) is 6.91. The van der Waals surface area contributed by atoms with Gasteiger partial charge in [0.1, 0.15) is 0 Å². The summed E-state index contributed by atoms with van der Waals surface area (Å²) in [5.41, 5.74) is 5.55. The smallest absolute Gasteiger partial charge is 0.223 e. The number of likely N-dealkylation sites (N-methyl/N-ethyl adjacent to an activating group) is 1. The topological polar surface area (TPSA) is 46.3 Å². The summed E-state index contributed by atoms with van der Waals surface area (Å²) in [5, 5.41) is 0. The second kappa shape index (κ2) is 6.18. The minimum atomic E-state index is -0.133. The molecule has 0 aromatic heterocycles. The molecule has 4 heteroatoms. The molecule has 0 radical (unpaired) electrons. The third-order valence-corrected chi connectivity index (χ3v) is 3.92. The van der Waals surface area contributed by atoms with E-state index in [1.54, 1.807) is 11.9 Å². The van der Waals surface area contributed by atoms with Crippen LogP contribution in [0.4, 0.5) is 0 Å². The van der Waals surface area contributed by atoms with Crippen LogP contribution in [0.2, 0.25) is 0 Å². The van der Waals surface area contributed by atoms with Crippen LogP contribution in [0.1, 0.15) is 45.4 Å². The van der Waals surface area contributed by atoms with Crippen molar-refractivity contribution in [1.82, 2.24) is 4.90 Å². The molecule has 0 saturated heterocycles. The van der Waals surface area contributed by atoms with E-state index in [0.29, 0.717) is 17.3 Å². The van der Waals surface area contributed by atoms with E-state index >= 15 is 0 Å². The maximum Gasteiger partial charge on any atom is 0.223 e. The van der Waals surface area contributed by atoms with Crippen molar-refractivity contribution in [2.45, 2.75) is 51.5 Å². The normalized spacial score (nSPS) is 19.1. The number of rotatable bonds is 4. The third-order valence-electron chi connectivity index (χ3n) is 3.57. The van der Waals surface area contributed by atoms with Crippen molar-refractivity contribution in [1.29, 1.82) is 0 Å². The molecular weight excluding hydrogens is 220 g/mol. The van der Waals surface area contributed by atoms with Crippen LogP contribution in [0.25, 0.3) is 0 Å². The maximum absolute atomic E-state index is 12.0. The van der Waals surface area contributed by atoms with E-state index in [0.717, 1.165) is 0 Å². The van der Waals surface area contributed by atoms with Crippen molar-refractivity contribution in [3.63, 3.8) is 0 Å². The van der Waals surface area contributed by atoms with E-state index in [9.17, 15) is 4.79 Å². The quantitative estimate of drug-likeness (QED) is 0.768. The van der Waals surface area contributed by atoms with Crippen LogP contribution in [0, 0.1) is 5.92 Å². The summed E-state index contributed by atoms with van der Waals surface area (Å²) < 4.78 is 0. The lowest BCUT2D eigenvalue weighted by Crippen LogP contribution is -2.43. The molecule has 16 heavy (non-hydrogen) atoms. The average molecular weight is 242 g/mol. The fraction of sp³-hybridized carbons (Fsp3) is 0.833. The minimum absolute atomic E-state index is 0.133. The first-order chi connectivity index (χ1) is 7.52. The molecular formula is C12H22N2OS. The number of nitrogens with zero attached hydrogens (tertiary/aromatic N) is 1. The van der Waals surface area contributed by atoms with Crippen molar-refractivity contribution < 1.29 is 4.79 Å². The first-order valence-corrected chi connectivity index (χ1v) is 6.48. The summed E-state index contributed by atoms with van der Waals surface area (Å²) in [6.45, 7) is 1.88. The van der Waals surface area contributed by atoms with Gasteiger partial charge in [0.15, 0.2) is 0 Å². The third kappa shape index (κ3) is 3.74. The van der Waals surface area contributed by atoms with Crippen molar-refractivity contribution in [2.24, 2.45) is 11.7 Å². The number of carbonyl (C=O) groups excluding carboxylic acids is 1. The largest absolute Gasteiger partial charge is 0.392 e. The highest BCUT2D eigenvalue weighted by Gasteiger charge is 2.22. The summed E-state index contributed by atoms with van der Waals surface area (Å²) in [7, 11) is 1.79. The zero-order chi connectivity index (χ0) is 12.1. The molecule has 1 atom stereocenters. The summed E-state index contributed by atoms with van der Waals surface area (Å²) in [5.74, 6) is 0.745. The Morgan fingerprint density at radius 3 is 2.50 bits per heavy atom. The highest BCUT2D eigenvalue weighted by molar-refractivity contribution is 7.80. The van der Waals surface area contributed by atoms with E-state index in [1.807, 2.05) is 6.92 Å². The number of hydrogen-bond donors (Lipinski definition) is 1. The van der Waals surface area contributed by atoms with Crippen LogP contribution in [-0.4, -0.2) is 28.9 Å². The molecule has 0 aliphatic heterocycles. The lowest BCUT2D eigenvalue weighted by atomic mass is 9.86. The Balaban J connectivity index is 2.41. The zero-order valence-electron chi connectivity index (χ0n) is 10.2. The van der Waals surface area contributed by atoms with Gasteiger partial charge in [-0.1, -0.05) is 31.5 Å². The minimum Gasteiger partial charge on any atom is -0.392 e. The van der Waals surface area contributed by atoms with E-state index in [4.69, 9.17) is 18.0 Å². The monoisotopic (exact) mass is 242 g/mol. The second-order valence-corrected chi connectivity index (χ2v) is 5.26. The number of carbonyl (C=O) groups is 1. The zero-order valence-corrected chi connectivity index (χ0v) is 11.1. The first-order valence-electron chi connectivity index (χ1n) is 6.07. The molecule has 2 N–H and O–H groups in total. The van der Waals surface area contributed by atoms with E-state index in [-0.39, 0.29) is 11.9 Å². The molecule has 0 aromatic rings. The van der Waals surface area contributed by atoms with Crippen LogP contribution >= 0.6 is 12.2 Å². The summed E-state index contributed by atoms with van der Waals surface area (Å²) in [4.78, 5) is 14.0. The van der Waals surface area contributed by atoms with Crippen LogP contribution < -0.4 is 5.73 Å². The molecule has 3 nitrogen and oxygen atoms in total.